The molecule has 4 rings (SSSR count). The van der Waals surface area contributed by atoms with Crippen LogP contribution in [0.3, 0.4) is 0 Å². The van der Waals surface area contributed by atoms with Crippen LogP contribution in [0.25, 0.3) is 11.1 Å². The molecular weight excluding hydrogens is 382 g/mol. The Morgan fingerprint density at radius 1 is 0.935 bits per heavy atom. The highest BCUT2D eigenvalue weighted by molar-refractivity contribution is 5.71. The molecular formula is C27H29N3O. The zero-order valence-corrected chi connectivity index (χ0v) is 18.6. The number of anilines is 1. The van der Waals surface area contributed by atoms with Crippen LogP contribution in [0, 0.1) is 20.8 Å². The number of methoxy groups -OCH3 is 1. The van der Waals surface area contributed by atoms with Crippen LogP contribution in [0.2, 0.25) is 0 Å². The fourth-order valence-electron chi connectivity index (χ4n) is 4.15. The molecule has 0 fully saturated rings. The number of aromatic amines is 1. The molecule has 31 heavy (non-hydrogen) atoms. The second kappa shape index (κ2) is 9.09. The fraction of sp³-hybridized carbons (Fsp3) is 0.222. The summed E-state index contributed by atoms with van der Waals surface area (Å²) in [5.74, 6) is 0.742. The van der Waals surface area contributed by atoms with Gasteiger partial charge in [-0.1, -0.05) is 60.2 Å². The number of benzene rings is 2. The fourth-order valence-corrected chi connectivity index (χ4v) is 4.15. The van der Waals surface area contributed by atoms with Gasteiger partial charge in [0.1, 0.15) is 5.75 Å². The van der Waals surface area contributed by atoms with Crippen LogP contribution in [0.5, 0.6) is 5.75 Å². The number of nitrogens with zero attached hydrogens (tertiary/aromatic N) is 1. The van der Waals surface area contributed by atoms with E-state index in [0.29, 0.717) is 0 Å². The summed E-state index contributed by atoms with van der Waals surface area (Å²) in [6.45, 7) is 6.43. The lowest BCUT2D eigenvalue weighted by Crippen LogP contribution is -2.15. The molecule has 4 heteroatoms. The Kier molecular flexibility index (Phi) is 6.08. The van der Waals surface area contributed by atoms with Gasteiger partial charge in [0.25, 0.3) is 0 Å². The minimum Gasteiger partial charge on any atom is -0.495 e. The average Bonchev–Trinajstić information content (AvgIpc) is 3.07. The van der Waals surface area contributed by atoms with Crippen LogP contribution in [-0.4, -0.2) is 17.1 Å². The number of aryl methyl sites for hydroxylation is 3. The number of aromatic nitrogens is 2. The van der Waals surface area contributed by atoms with Gasteiger partial charge in [0.15, 0.2) is 0 Å². The third kappa shape index (κ3) is 4.64. The highest BCUT2D eigenvalue weighted by Gasteiger charge is 2.20. The van der Waals surface area contributed by atoms with Crippen LogP contribution >= 0.6 is 0 Å². The van der Waals surface area contributed by atoms with Crippen molar-refractivity contribution < 1.29 is 4.74 Å². The van der Waals surface area contributed by atoms with Gasteiger partial charge in [0.05, 0.1) is 31.2 Å². The standard InChI is InChI=1S/C27H29N3O/c1-18-10-12-21(13-11-18)26(30-23-14-24(31-4)17-28-16-23)15-25-19(2)29-20(3)27(25)22-8-6-5-7-9-22/h5-14,16-17,26,29-30H,15H2,1-4H3. The number of hydrogen-bond acceptors (Lipinski definition) is 3. The number of H-pyrrole nitrogens is 1. The van der Waals surface area contributed by atoms with Crippen molar-refractivity contribution in [2.24, 2.45) is 0 Å². The van der Waals surface area contributed by atoms with Crippen molar-refractivity contribution in [3.05, 3.63) is 101 Å². The first-order chi connectivity index (χ1) is 15.0. The van der Waals surface area contributed by atoms with Crippen molar-refractivity contribution in [3.8, 4) is 16.9 Å². The summed E-state index contributed by atoms with van der Waals surface area (Å²) in [6, 6.07) is 21.4. The summed E-state index contributed by atoms with van der Waals surface area (Å²) in [6.07, 6.45) is 4.41. The van der Waals surface area contributed by atoms with E-state index in [4.69, 9.17) is 4.74 Å². The largest absolute Gasteiger partial charge is 0.495 e. The van der Waals surface area contributed by atoms with E-state index in [0.717, 1.165) is 17.9 Å². The summed E-state index contributed by atoms with van der Waals surface area (Å²) in [5, 5.41) is 3.70. The molecule has 4 aromatic rings. The average molecular weight is 412 g/mol. The van der Waals surface area contributed by atoms with Crippen molar-refractivity contribution in [2.45, 2.75) is 33.2 Å². The normalized spacial score (nSPS) is 11.9. The monoisotopic (exact) mass is 411 g/mol. The zero-order valence-electron chi connectivity index (χ0n) is 18.6. The molecule has 4 nitrogen and oxygen atoms in total. The molecule has 2 aromatic heterocycles. The van der Waals surface area contributed by atoms with E-state index in [9.17, 15) is 0 Å². The third-order valence-electron chi connectivity index (χ3n) is 5.74. The van der Waals surface area contributed by atoms with Crippen LogP contribution in [0.15, 0.2) is 73.1 Å². The molecule has 0 saturated carbocycles. The SMILES string of the molecule is COc1cncc(NC(Cc2c(C)[nH]c(C)c2-c2ccccc2)c2ccc(C)cc2)c1. The van der Waals surface area contributed by atoms with E-state index in [1.165, 1.54) is 39.2 Å². The van der Waals surface area contributed by atoms with Crippen LogP contribution in [-0.2, 0) is 6.42 Å². The molecule has 0 aliphatic heterocycles. The highest BCUT2D eigenvalue weighted by Crippen LogP contribution is 2.34. The molecule has 158 valence electrons. The number of hydrogen-bond donors (Lipinski definition) is 2. The smallest absolute Gasteiger partial charge is 0.139 e. The molecule has 0 spiro atoms. The number of nitrogens with one attached hydrogen (secondary N) is 2. The van der Waals surface area contributed by atoms with Crippen molar-refractivity contribution in [2.75, 3.05) is 12.4 Å². The van der Waals surface area contributed by atoms with Crippen molar-refractivity contribution in [3.63, 3.8) is 0 Å². The lowest BCUT2D eigenvalue weighted by atomic mass is 9.92. The van der Waals surface area contributed by atoms with Gasteiger partial charge in [-0.2, -0.15) is 0 Å². The first-order valence-electron chi connectivity index (χ1n) is 10.6. The van der Waals surface area contributed by atoms with Crippen LogP contribution in [0.1, 0.15) is 34.1 Å². The Labute approximate surface area is 184 Å². The Hall–Kier alpha value is -3.53. The number of rotatable bonds is 7. The molecule has 2 aromatic carbocycles. The molecule has 0 aliphatic carbocycles. The van der Waals surface area contributed by atoms with Gasteiger partial charge < -0.3 is 15.0 Å². The number of pyridine rings is 1. The predicted molar refractivity (Wildman–Crippen MR) is 128 cm³/mol. The molecule has 1 unspecified atom stereocenters. The van der Waals surface area contributed by atoms with Gasteiger partial charge >= 0.3 is 0 Å². The van der Waals surface area contributed by atoms with Gasteiger partial charge in [-0.3, -0.25) is 4.98 Å². The molecule has 0 radical (unpaired) electrons. The summed E-state index contributed by atoms with van der Waals surface area (Å²) in [5.41, 5.74) is 9.71. The van der Waals surface area contributed by atoms with E-state index >= 15 is 0 Å². The van der Waals surface area contributed by atoms with Gasteiger partial charge in [-0.05, 0) is 43.9 Å². The Bertz CT molecular complexity index is 1150. The maximum atomic E-state index is 5.37. The van der Waals surface area contributed by atoms with Crippen molar-refractivity contribution in [1.82, 2.24) is 9.97 Å². The Morgan fingerprint density at radius 2 is 1.68 bits per heavy atom. The maximum Gasteiger partial charge on any atom is 0.139 e. The van der Waals surface area contributed by atoms with E-state index in [-0.39, 0.29) is 6.04 Å². The minimum atomic E-state index is 0.0888. The second-order valence-electron chi connectivity index (χ2n) is 8.02. The van der Waals surface area contributed by atoms with Gasteiger partial charge in [-0.25, -0.2) is 0 Å². The molecule has 0 aliphatic rings. The van der Waals surface area contributed by atoms with Crippen LogP contribution in [0.4, 0.5) is 5.69 Å². The summed E-state index contributed by atoms with van der Waals surface area (Å²) < 4.78 is 5.37. The van der Waals surface area contributed by atoms with E-state index in [1.54, 1.807) is 13.3 Å². The molecule has 2 heterocycles. The molecule has 0 amide bonds. The topological polar surface area (TPSA) is 49.9 Å². The Morgan fingerprint density at radius 3 is 2.39 bits per heavy atom. The maximum absolute atomic E-state index is 5.37. The van der Waals surface area contributed by atoms with E-state index in [1.807, 2.05) is 12.3 Å². The van der Waals surface area contributed by atoms with Gasteiger partial charge in [-0.15, -0.1) is 0 Å². The summed E-state index contributed by atoms with van der Waals surface area (Å²) in [4.78, 5) is 7.88. The molecule has 1 atom stereocenters. The van der Waals surface area contributed by atoms with E-state index < -0.39 is 0 Å². The molecule has 0 bridgehead atoms. The lowest BCUT2D eigenvalue weighted by molar-refractivity contribution is 0.413. The Balaban J connectivity index is 1.74. The summed E-state index contributed by atoms with van der Waals surface area (Å²) >= 11 is 0. The third-order valence-corrected chi connectivity index (χ3v) is 5.74. The van der Waals surface area contributed by atoms with Crippen molar-refractivity contribution in [1.29, 1.82) is 0 Å². The zero-order chi connectivity index (χ0) is 21.8. The second-order valence-corrected chi connectivity index (χ2v) is 8.02. The summed E-state index contributed by atoms with van der Waals surface area (Å²) in [7, 11) is 1.66. The van der Waals surface area contributed by atoms with Crippen molar-refractivity contribution >= 4 is 5.69 Å². The van der Waals surface area contributed by atoms with E-state index in [2.05, 4.69) is 90.7 Å². The minimum absolute atomic E-state index is 0.0888. The van der Waals surface area contributed by atoms with Gasteiger partial charge in [0, 0.05) is 23.0 Å². The highest BCUT2D eigenvalue weighted by atomic mass is 16.5. The van der Waals surface area contributed by atoms with Gasteiger partial charge in [0.2, 0.25) is 0 Å². The first kappa shape index (κ1) is 20.7. The predicted octanol–water partition coefficient (Wildman–Crippen LogP) is 6.41. The number of ether oxygens (including phenoxy) is 1. The molecule has 0 saturated heterocycles. The van der Waals surface area contributed by atoms with Crippen LogP contribution < -0.4 is 10.1 Å². The quantitative estimate of drug-likeness (QED) is 0.370. The molecule has 2 N–H and O–H groups in total. The lowest BCUT2D eigenvalue weighted by Gasteiger charge is -2.22. The first-order valence-corrected chi connectivity index (χ1v) is 10.6.